The molecule has 7 aliphatic rings. The molecular formula is C43H78N4O6. The summed E-state index contributed by atoms with van der Waals surface area (Å²) in [5.41, 5.74) is -1.63. The molecule has 1 heterocycles. The Balaban J connectivity index is 1.18. The quantitative estimate of drug-likeness (QED) is 0.256. The number of rotatable bonds is 10. The van der Waals surface area contributed by atoms with Gasteiger partial charge in [-0.15, -0.1) is 0 Å². The first-order valence-corrected chi connectivity index (χ1v) is 21.8. The summed E-state index contributed by atoms with van der Waals surface area (Å²) in [7, 11) is 0. The lowest BCUT2D eigenvalue weighted by Crippen LogP contribution is -2.55. The van der Waals surface area contributed by atoms with E-state index in [2.05, 4.69) is 89.3 Å². The van der Waals surface area contributed by atoms with Crippen LogP contribution in [0.1, 0.15) is 127 Å². The van der Waals surface area contributed by atoms with Gasteiger partial charge in [-0.1, -0.05) is 81.6 Å². The van der Waals surface area contributed by atoms with Gasteiger partial charge in [-0.2, -0.15) is 15.2 Å². The molecule has 0 aromatic heterocycles. The predicted octanol–water partition coefficient (Wildman–Crippen LogP) is 5.75. The number of nitrogens with zero attached hydrogens (tertiary/aromatic N) is 4. The van der Waals surface area contributed by atoms with E-state index in [1.165, 1.54) is 38.5 Å². The first kappa shape index (κ1) is 40.8. The maximum absolute atomic E-state index is 11.2. The van der Waals surface area contributed by atoms with Crippen LogP contribution in [-0.2, 0) is 14.5 Å². The van der Waals surface area contributed by atoms with Crippen LogP contribution in [0, 0.1) is 51.8 Å². The largest absolute Gasteiger partial charge is 0.393 e. The zero-order valence-electron chi connectivity index (χ0n) is 35.3. The zero-order valence-corrected chi connectivity index (χ0v) is 35.3. The van der Waals surface area contributed by atoms with Gasteiger partial charge in [0.25, 0.3) is 0 Å². The van der Waals surface area contributed by atoms with Crippen LogP contribution >= 0.6 is 0 Å². The Hall–Kier alpha value is -0.400. The molecule has 10 heteroatoms. The van der Waals surface area contributed by atoms with Gasteiger partial charge in [0.1, 0.15) is 5.60 Å². The molecule has 1 saturated heterocycles. The van der Waals surface area contributed by atoms with Crippen LogP contribution in [0.4, 0.5) is 0 Å². The molecule has 10 nitrogen and oxygen atoms in total. The molecule has 7 rings (SSSR count). The molecular weight excluding hydrogens is 668 g/mol. The van der Waals surface area contributed by atoms with Crippen molar-refractivity contribution in [2.45, 2.75) is 155 Å². The average Bonchev–Trinajstić information content (AvgIpc) is 3.91. The summed E-state index contributed by atoms with van der Waals surface area (Å²) in [5, 5.41) is 38.3. The van der Waals surface area contributed by atoms with E-state index in [-0.39, 0.29) is 45.6 Å². The molecule has 6 aliphatic carbocycles. The monoisotopic (exact) mass is 747 g/mol. The van der Waals surface area contributed by atoms with Gasteiger partial charge < -0.3 is 15.3 Å². The molecule has 3 N–H and O–H groups in total. The Labute approximate surface area is 322 Å². The minimum Gasteiger partial charge on any atom is -0.393 e. The second-order valence-electron chi connectivity index (χ2n) is 21.5. The van der Waals surface area contributed by atoms with Crippen LogP contribution in [0.5, 0.6) is 0 Å². The lowest BCUT2D eigenvalue weighted by atomic mass is 9.88. The van der Waals surface area contributed by atoms with Crippen molar-refractivity contribution in [2.24, 2.45) is 51.8 Å². The van der Waals surface area contributed by atoms with Gasteiger partial charge in [0.15, 0.2) is 0 Å². The van der Waals surface area contributed by atoms with E-state index >= 15 is 0 Å². The number of hydroxylamine groups is 6. The van der Waals surface area contributed by atoms with Crippen LogP contribution in [0.2, 0.25) is 0 Å². The summed E-state index contributed by atoms with van der Waals surface area (Å²) < 4.78 is 0. The molecule has 0 bridgehead atoms. The van der Waals surface area contributed by atoms with Crippen LogP contribution in [0.3, 0.4) is 0 Å². The molecule has 10 atom stereocenters. The van der Waals surface area contributed by atoms with Crippen molar-refractivity contribution in [3.05, 3.63) is 0 Å². The van der Waals surface area contributed by atoms with Gasteiger partial charge >= 0.3 is 0 Å². The molecule has 53 heavy (non-hydrogen) atoms. The molecule has 6 saturated carbocycles. The average molecular weight is 747 g/mol. The van der Waals surface area contributed by atoms with E-state index in [0.29, 0.717) is 68.2 Å². The lowest BCUT2D eigenvalue weighted by molar-refractivity contribution is -0.290. The van der Waals surface area contributed by atoms with Crippen LogP contribution in [0.15, 0.2) is 0 Å². The summed E-state index contributed by atoms with van der Waals surface area (Å²) in [4.78, 5) is 24.2. The van der Waals surface area contributed by atoms with Crippen molar-refractivity contribution in [3.8, 4) is 0 Å². The molecule has 10 unspecified atom stereocenters. The van der Waals surface area contributed by atoms with Gasteiger partial charge in [0, 0.05) is 74.6 Å². The topological polar surface area (TPSA) is 101 Å². The highest BCUT2D eigenvalue weighted by atomic mass is 16.7. The normalized spacial score (nSPS) is 44.9. The van der Waals surface area contributed by atoms with Crippen molar-refractivity contribution < 1.29 is 29.8 Å². The van der Waals surface area contributed by atoms with E-state index in [4.69, 9.17) is 14.5 Å². The number of hydrogen-bond donors (Lipinski definition) is 3. The molecule has 7 fully saturated rings. The Kier molecular flexibility index (Phi) is 10.9. The lowest BCUT2D eigenvalue weighted by Gasteiger charge is -2.42. The SMILES string of the molecule is CC1CCC2C(C)(C)C2(ON2CCN(CC(O)(CO)CO)CCN(OC34CC(C)CCC3C4(C)C)C(C)CN(OC34CC(C)CCC3C4(C)C)CC2)C1. The predicted molar refractivity (Wildman–Crippen MR) is 207 cm³/mol. The first-order valence-electron chi connectivity index (χ1n) is 21.8. The van der Waals surface area contributed by atoms with Crippen molar-refractivity contribution in [3.63, 3.8) is 0 Å². The Morgan fingerprint density at radius 2 is 0.943 bits per heavy atom. The molecule has 0 spiro atoms. The minimum atomic E-state index is -1.59. The third-order valence-electron chi connectivity index (χ3n) is 17.0. The molecule has 0 radical (unpaired) electrons. The van der Waals surface area contributed by atoms with E-state index in [1.54, 1.807) is 0 Å². The zero-order chi connectivity index (χ0) is 38.4. The Bertz CT molecular complexity index is 1310. The van der Waals surface area contributed by atoms with Gasteiger partial charge in [-0.25, -0.2) is 0 Å². The van der Waals surface area contributed by atoms with Crippen LogP contribution < -0.4 is 0 Å². The van der Waals surface area contributed by atoms with Crippen molar-refractivity contribution in [1.29, 1.82) is 0 Å². The van der Waals surface area contributed by atoms with E-state index in [1.807, 2.05) is 0 Å². The maximum atomic E-state index is 11.2. The fourth-order valence-electron chi connectivity index (χ4n) is 13.0. The molecule has 0 amide bonds. The molecule has 0 aromatic rings. The first-order chi connectivity index (χ1) is 24.8. The van der Waals surface area contributed by atoms with Gasteiger partial charge in [0.2, 0.25) is 0 Å². The smallest absolute Gasteiger partial charge is 0.123 e. The summed E-state index contributed by atoms with van der Waals surface area (Å²) in [6.07, 6.45) is 10.7. The van der Waals surface area contributed by atoms with Crippen LogP contribution in [0.25, 0.3) is 0 Å². The van der Waals surface area contributed by atoms with Crippen molar-refractivity contribution in [1.82, 2.24) is 20.1 Å². The van der Waals surface area contributed by atoms with Crippen molar-refractivity contribution >= 4 is 0 Å². The minimum absolute atomic E-state index is 0.0473. The fourth-order valence-corrected chi connectivity index (χ4v) is 13.0. The molecule has 306 valence electrons. The second kappa shape index (κ2) is 14.2. The number of aliphatic hydroxyl groups is 3. The standard InChI is InChI=1S/C43H78N4O6/c1-30-11-14-34-37(5,6)41(34,23-30)51-45-19-17-44(27-40(50,28-48)29-49)18-22-47(53-43-25-32(3)13-16-36(43)39(43,9)10)33(4)26-46(21-20-45)52-42-24-31(2)12-15-35(42)38(42,7)8/h30-36,48-50H,11-29H2,1-10H3. The van der Waals surface area contributed by atoms with E-state index in [9.17, 15) is 15.3 Å². The summed E-state index contributed by atoms with van der Waals surface area (Å²) >= 11 is 0. The highest BCUT2D eigenvalue weighted by molar-refractivity contribution is 5.24. The summed E-state index contributed by atoms with van der Waals surface area (Å²) in [5.74, 6) is 3.62. The van der Waals surface area contributed by atoms with Gasteiger partial charge in [-0.3, -0.25) is 19.4 Å². The number of aliphatic hydroxyl groups excluding tert-OH is 2. The number of fused-ring (bicyclic) bond motifs is 3. The van der Waals surface area contributed by atoms with Gasteiger partial charge in [-0.05, 0) is 81.0 Å². The highest BCUT2D eigenvalue weighted by Crippen LogP contribution is 2.73. The van der Waals surface area contributed by atoms with E-state index < -0.39 is 18.8 Å². The second-order valence-corrected chi connectivity index (χ2v) is 21.5. The van der Waals surface area contributed by atoms with Gasteiger partial charge in [0.05, 0.1) is 30.0 Å². The molecule has 1 aliphatic heterocycles. The Morgan fingerprint density at radius 3 is 1.42 bits per heavy atom. The fraction of sp³-hybridized carbons (Fsp3) is 1.00. The highest BCUT2D eigenvalue weighted by Gasteiger charge is 2.76. The summed E-state index contributed by atoms with van der Waals surface area (Å²) in [6, 6.07) is 0.0473. The van der Waals surface area contributed by atoms with Crippen molar-refractivity contribution in [2.75, 3.05) is 65.6 Å². The maximum Gasteiger partial charge on any atom is 0.123 e. The third kappa shape index (κ3) is 6.90. The Morgan fingerprint density at radius 1 is 0.547 bits per heavy atom. The van der Waals surface area contributed by atoms with E-state index in [0.717, 1.165) is 32.4 Å². The molecule has 0 aromatic carbocycles. The van der Waals surface area contributed by atoms with Crippen LogP contribution in [-0.4, -0.2) is 129 Å². The third-order valence-corrected chi connectivity index (χ3v) is 17.0. The summed E-state index contributed by atoms with van der Waals surface area (Å²) in [6.45, 7) is 27.8. The number of β-amino-alcohol motifs (C(OH)–C–C–N with tert-alkyl or cyclic N) is 1. The number of hydrogen-bond acceptors (Lipinski definition) is 10.